The largest absolute Gasteiger partial charge is 0.490 e. The second kappa shape index (κ2) is 12.7. The molecule has 1 aliphatic rings. The predicted octanol–water partition coefficient (Wildman–Crippen LogP) is 5.25. The van der Waals surface area contributed by atoms with Crippen molar-refractivity contribution >= 4 is 23.9 Å². The summed E-state index contributed by atoms with van der Waals surface area (Å²) in [7, 11) is 0. The minimum absolute atomic E-state index is 0.0652. The molecule has 0 aliphatic carbocycles. The number of amides is 4. The monoisotopic (exact) mass is 532 g/mol. The molecule has 3 aromatic carbocycles. The van der Waals surface area contributed by atoms with Crippen LogP contribution in [0.1, 0.15) is 37.0 Å². The molecule has 4 amide bonds. The van der Waals surface area contributed by atoms with Crippen LogP contribution in [-0.2, 0) is 22.7 Å². The summed E-state index contributed by atoms with van der Waals surface area (Å²) in [6.07, 6.45) is 2.25. The molecule has 0 bridgehead atoms. The first kappa shape index (κ1) is 27.4. The lowest BCUT2D eigenvalue weighted by Crippen LogP contribution is -2.53. The van der Waals surface area contributed by atoms with Gasteiger partial charge in [-0.15, -0.1) is 0 Å². The van der Waals surface area contributed by atoms with Crippen molar-refractivity contribution < 1.29 is 33.0 Å². The van der Waals surface area contributed by atoms with Crippen molar-refractivity contribution in [1.82, 2.24) is 10.2 Å². The van der Waals surface area contributed by atoms with Gasteiger partial charge in [0.05, 0.1) is 19.8 Å². The average molecular weight is 533 g/mol. The molecule has 3 aromatic rings. The van der Waals surface area contributed by atoms with Crippen LogP contribution in [-0.4, -0.2) is 36.0 Å². The number of urea groups is 1. The highest BCUT2D eigenvalue weighted by atomic mass is 19.1. The van der Waals surface area contributed by atoms with Crippen molar-refractivity contribution in [2.75, 3.05) is 13.2 Å². The number of nitrogens with zero attached hydrogens (tertiary/aromatic N) is 1. The highest BCUT2D eigenvalue weighted by molar-refractivity contribution is 6.30. The summed E-state index contributed by atoms with van der Waals surface area (Å²) in [5.41, 5.74) is 1.78. The first-order valence-electron chi connectivity index (χ1n) is 12.6. The fourth-order valence-electron chi connectivity index (χ4n) is 3.88. The number of carbonyl (C=O) groups is 3. The molecule has 0 unspecified atom stereocenters. The van der Waals surface area contributed by atoms with Crippen LogP contribution in [0.4, 0.5) is 9.18 Å². The highest BCUT2D eigenvalue weighted by Crippen LogP contribution is 2.30. The topological polar surface area (TPSA) is 94.2 Å². The molecule has 1 aliphatic heterocycles. The van der Waals surface area contributed by atoms with Crippen molar-refractivity contribution in [3.8, 4) is 17.2 Å². The number of rotatable bonds is 11. The SMILES string of the molecule is CCCOc1ccc(CN2C(=O)NC(=O)/C(=C/c3cccc(OCc4ccc(F)cc4)c3)C2=O)cc1OCC. The summed E-state index contributed by atoms with van der Waals surface area (Å²) in [6, 6.07) is 17.2. The van der Waals surface area contributed by atoms with Crippen LogP contribution in [0, 0.1) is 5.82 Å². The summed E-state index contributed by atoms with van der Waals surface area (Å²) in [5, 5.41) is 2.24. The van der Waals surface area contributed by atoms with Crippen LogP contribution in [0.5, 0.6) is 17.2 Å². The van der Waals surface area contributed by atoms with Crippen LogP contribution in [0.25, 0.3) is 6.08 Å². The number of halogens is 1. The van der Waals surface area contributed by atoms with Gasteiger partial charge in [-0.3, -0.25) is 19.8 Å². The maximum absolute atomic E-state index is 13.3. The van der Waals surface area contributed by atoms with Crippen LogP contribution < -0.4 is 19.5 Å². The zero-order chi connectivity index (χ0) is 27.8. The van der Waals surface area contributed by atoms with Gasteiger partial charge in [-0.05, 0) is 72.5 Å². The first-order chi connectivity index (χ1) is 18.9. The molecular formula is C30H29FN2O6. The Morgan fingerprint density at radius 2 is 1.64 bits per heavy atom. The van der Waals surface area contributed by atoms with Gasteiger partial charge in [0.1, 0.15) is 23.7 Å². The van der Waals surface area contributed by atoms with E-state index in [1.165, 1.54) is 18.2 Å². The summed E-state index contributed by atoms with van der Waals surface area (Å²) >= 11 is 0. The highest BCUT2D eigenvalue weighted by Gasteiger charge is 2.35. The van der Waals surface area contributed by atoms with Crippen molar-refractivity contribution in [2.24, 2.45) is 0 Å². The van der Waals surface area contributed by atoms with Gasteiger partial charge in [0.2, 0.25) is 0 Å². The lowest BCUT2D eigenvalue weighted by molar-refractivity contribution is -0.130. The van der Waals surface area contributed by atoms with E-state index in [2.05, 4.69) is 5.32 Å². The summed E-state index contributed by atoms with van der Waals surface area (Å²) < 4.78 is 30.3. The van der Waals surface area contributed by atoms with Gasteiger partial charge in [-0.1, -0.05) is 37.3 Å². The minimum atomic E-state index is -0.803. The van der Waals surface area contributed by atoms with E-state index >= 15 is 0 Å². The summed E-state index contributed by atoms with van der Waals surface area (Å²) in [5.74, 6) is -0.239. The first-order valence-corrected chi connectivity index (χ1v) is 12.6. The molecule has 0 aromatic heterocycles. The van der Waals surface area contributed by atoms with E-state index in [1.54, 1.807) is 54.6 Å². The molecule has 0 spiro atoms. The molecule has 1 saturated heterocycles. The molecule has 39 heavy (non-hydrogen) atoms. The molecule has 0 saturated carbocycles. The number of imide groups is 2. The lowest BCUT2D eigenvalue weighted by Gasteiger charge is -2.26. The molecule has 1 N–H and O–H groups in total. The molecule has 0 radical (unpaired) electrons. The molecule has 4 rings (SSSR count). The van der Waals surface area contributed by atoms with E-state index in [0.717, 1.165) is 16.9 Å². The van der Waals surface area contributed by atoms with Crippen LogP contribution in [0.3, 0.4) is 0 Å². The predicted molar refractivity (Wildman–Crippen MR) is 143 cm³/mol. The van der Waals surface area contributed by atoms with Gasteiger partial charge in [0.25, 0.3) is 11.8 Å². The van der Waals surface area contributed by atoms with Gasteiger partial charge in [-0.25, -0.2) is 9.18 Å². The third-order valence-corrected chi connectivity index (χ3v) is 5.78. The second-order valence-corrected chi connectivity index (χ2v) is 8.76. The van der Waals surface area contributed by atoms with Crippen LogP contribution in [0.15, 0.2) is 72.3 Å². The number of hydrogen-bond donors (Lipinski definition) is 1. The van der Waals surface area contributed by atoms with Gasteiger partial charge in [-0.2, -0.15) is 0 Å². The van der Waals surface area contributed by atoms with Gasteiger partial charge >= 0.3 is 6.03 Å². The number of hydrogen-bond acceptors (Lipinski definition) is 6. The fraction of sp³-hybridized carbons (Fsp3) is 0.233. The van der Waals surface area contributed by atoms with Gasteiger partial charge in [0, 0.05) is 0 Å². The van der Waals surface area contributed by atoms with E-state index in [0.29, 0.717) is 41.6 Å². The van der Waals surface area contributed by atoms with E-state index < -0.39 is 17.8 Å². The van der Waals surface area contributed by atoms with Gasteiger partial charge < -0.3 is 14.2 Å². The van der Waals surface area contributed by atoms with Crippen molar-refractivity contribution in [3.63, 3.8) is 0 Å². The van der Waals surface area contributed by atoms with E-state index in [4.69, 9.17) is 14.2 Å². The Morgan fingerprint density at radius 1 is 0.872 bits per heavy atom. The number of ether oxygens (including phenoxy) is 3. The molecule has 0 atom stereocenters. The Kier molecular flexibility index (Phi) is 8.94. The zero-order valence-electron chi connectivity index (χ0n) is 21.7. The standard InChI is InChI=1S/C30H29FN2O6/c1-3-14-38-26-13-10-22(17-27(26)37-4-2)18-33-29(35)25(28(34)32-30(33)36)16-21-6-5-7-24(15-21)39-19-20-8-11-23(31)12-9-20/h5-13,15-17H,3-4,14,18-19H2,1-2H3,(H,32,34,36)/b25-16-. The maximum atomic E-state index is 13.3. The number of nitrogens with one attached hydrogen (secondary N) is 1. The third kappa shape index (κ3) is 7.01. The van der Waals surface area contributed by atoms with Crippen LogP contribution >= 0.6 is 0 Å². The molecule has 9 heteroatoms. The molecule has 1 heterocycles. The lowest BCUT2D eigenvalue weighted by atomic mass is 10.1. The van der Waals surface area contributed by atoms with Crippen molar-refractivity contribution in [3.05, 3.63) is 94.8 Å². The molecule has 1 fully saturated rings. The Morgan fingerprint density at radius 3 is 2.38 bits per heavy atom. The van der Waals surface area contributed by atoms with Crippen molar-refractivity contribution in [1.29, 1.82) is 0 Å². The van der Waals surface area contributed by atoms with Crippen molar-refractivity contribution in [2.45, 2.75) is 33.4 Å². The number of carbonyl (C=O) groups excluding carboxylic acids is 3. The fourth-order valence-corrected chi connectivity index (χ4v) is 3.88. The zero-order valence-corrected chi connectivity index (χ0v) is 21.7. The minimum Gasteiger partial charge on any atom is -0.490 e. The normalized spacial score (nSPS) is 14.4. The maximum Gasteiger partial charge on any atom is 0.331 e. The van der Waals surface area contributed by atoms with Crippen LogP contribution in [0.2, 0.25) is 0 Å². The van der Waals surface area contributed by atoms with E-state index in [-0.39, 0.29) is 24.5 Å². The Balaban J connectivity index is 1.51. The van der Waals surface area contributed by atoms with E-state index in [9.17, 15) is 18.8 Å². The summed E-state index contributed by atoms with van der Waals surface area (Å²) in [4.78, 5) is 39.4. The number of benzene rings is 3. The Hall–Kier alpha value is -4.66. The molecule has 202 valence electrons. The molecular weight excluding hydrogens is 503 g/mol. The smallest absolute Gasteiger partial charge is 0.331 e. The number of barbiturate groups is 1. The molecule has 8 nitrogen and oxygen atoms in total. The summed E-state index contributed by atoms with van der Waals surface area (Å²) in [6.45, 7) is 4.95. The van der Waals surface area contributed by atoms with E-state index in [1.807, 2.05) is 13.8 Å². The Bertz CT molecular complexity index is 1390. The average Bonchev–Trinajstić information content (AvgIpc) is 2.93. The quantitative estimate of drug-likeness (QED) is 0.268. The second-order valence-electron chi connectivity index (χ2n) is 8.76. The third-order valence-electron chi connectivity index (χ3n) is 5.78. The van der Waals surface area contributed by atoms with Gasteiger partial charge in [0.15, 0.2) is 11.5 Å². The Labute approximate surface area is 226 Å².